The first-order chi connectivity index (χ1) is 16.3. The molecule has 3 aliphatic heterocycles. The predicted molar refractivity (Wildman–Crippen MR) is 129 cm³/mol. The van der Waals surface area contributed by atoms with Gasteiger partial charge < -0.3 is 20.1 Å². The van der Waals surface area contributed by atoms with Crippen molar-refractivity contribution in [1.82, 2.24) is 9.88 Å². The van der Waals surface area contributed by atoms with Crippen molar-refractivity contribution >= 4 is 22.7 Å². The monoisotopic (exact) mass is 463 g/mol. The van der Waals surface area contributed by atoms with Crippen LogP contribution in [-0.2, 0) is 16.0 Å². The molecule has 0 atom stereocenters. The number of benzene rings is 1. The SMILES string of the molecule is CC1(C)O/C(=C2/C(=O)Nc3cc(F)ccc32)C=C1c1ccc(CCN2CCC(CO)CC2)nc1. The van der Waals surface area contributed by atoms with Gasteiger partial charge in [0.05, 0.1) is 11.3 Å². The molecule has 5 rings (SSSR count). The van der Waals surface area contributed by atoms with E-state index in [9.17, 15) is 14.3 Å². The minimum absolute atomic E-state index is 0.291. The number of carbonyl (C=O) groups excluding carboxylic acids is 1. The number of hydrogen-bond acceptors (Lipinski definition) is 5. The number of piperidine rings is 1. The number of rotatable bonds is 5. The van der Waals surface area contributed by atoms with Gasteiger partial charge in [-0.2, -0.15) is 0 Å². The Morgan fingerprint density at radius 1 is 1.24 bits per heavy atom. The molecule has 1 amide bonds. The van der Waals surface area contributed by atoms with Gasteiger partial charge in [-0.05, 0) is 76.0 Å². The fourth-order valence-electron chi connectivity index (χ4n) is 5.00. The van der Waals surface area contributed by atoms with Crippen molar-refractivity contribution in [2.45, 2.75) is 38.7 Å². The maximum Gasteiger partial charge on any atom is 0.260 e. The van der Waals surface area contributed by atoms with Gasteiger partial charge in [-0.3, -0.25) is 9.78 Å². The molecule has 0 unspecified atom stereocenters. The molecular weight excluding hydrogens is 433 g/mol. The van der Waals surface area contributed by atoms with Gasteiger partial charge in [-0.25, -0.2) is 4.39 Å². The number of nitrogens with zero attached hydrogens (tertiary/aromatic N) is 2. The van der Waals surface area contributed by atoms with E-state index in [0.29, 0.717) is 35.1 Å². The van der Waals surface area contributed by atoms with E-state index in [1.54, 1.807) is 6.07 Å². The fourth-order valence-corrected chi connectivity index (χ4v) is 5.00. The van der Waals surface area contributed by atoms with Crippen molar-refractivity contribution < 1.29 is 19.0 Å². The van der Waals surface area contributed by atoms with Crippen molar-refractivity contribution in [1.29, 1.82) is 0 Å². The molecule has 2 N–H and O–H groups in total. The molecule has 0 bridgehead atoms. The third-order valence-electron chi connectivity index (χ3n) is 7.05. The Labute approximate surface area is 199 Å². The Bertz CT molecular complexity index is 1160. The van der Waals surface area contributed by atoms with E-state index in [0.717, 1.165) is 55.7 Å². The zero-order chi connectivity index (χ0) is 23.9. The molecule has 1 saturated heterocycles. The van der Waals surface area contributed by atoms with Gasteiger partial charge in [0.15, 0.2) is 0 Å². The van der Waals surface area contributed by atoms with E-state index in [2.05, 4.69) is 27.3 Å². The molecule has 0 aliphatic carbocycles. The molecule has 0 saturated carbocycles. The molecule has 3 aliphatic rings. The molecule has 1 fully saturated rings. The molecule has 34 heavy (non-hydrogen) atoms. The number of amides is 1. The van der Waals surface area contributed by atoms with Crippen LogP contribution in [0.25, 0.3) is 11.1 Å². The summed E-state index contributed by atoms with van der Waals surface area (Å²) in [6.07, 6.45) is 6.76. The minimum atomic E-state index is -0.633. The summed E-state index contributed by atoms with van der Waals surface area (Å²) in [5, 5.41) is 12.0. The van der Waals surface area contributed by atoms with Crippen LogP contribution in [-0.4, -0.2) is 52.7 Å². The number of carbonyl (C=O) groups is 1. The topological polar surface area (TPSA) is 74.7 Å². The van der Waals surface area contributed by atoms with Crippen LogP contribution in [0.15, 0.2) is 48.4 Å². The van der Waals surface area contributed by atoms with Crippen molar-refractivity contribution in [2.24, 2.45) is 5.92 Å². The number of pyridine rings is 1. The Hall–Kier alpha value is -3.03. The van der Waals surface area contributed by atoms with Crippen LogP contribution in [0.4, 0.5) is 10.1 Å². The first-order valence-corrected chi connectivity index (χ1v) is 11.9. The molecule has 0 radical (unpaired) electrons. The number of fused-ring (bicyclic) bond motifs is 1. The van der Waals surface area contributed by atoms with Crippen LogP contribution in [0.2, 0.25) is 0 Å². The highest BCUT2D eigenvalue weighted by Gasteiger charge is 2.38. The zero-order valence-corrected chi connectivity index (χ0v) is 19.6. The van der Waals surface area contributed by atoms with Gasteiger partial charge in [0, 0.05) is 48.2 Å². The lowest BCUT2D eigenvalue weighted by Gasteiger charge is -2.30. The smallest absolute Gasteiger partial charge is 0.260 e. The number of aliphatic hydroxyl groups excluding tert-OH is 1. The van der Waals surface area contributed by atoms with Crippen molar-refractivity contribution in [3.8, 4) is 0 Å². The Morgan fingerprint density at radius 3 is 2.74 bits per heavy atom. The minimum Gasteiger partial charge on any atom is -0.482 e. The molecular formula is C27H30FN3O3. The highest BCUT2D eigenvalue weighted by molar-refractivity contribution is 6.32. The third-order valence-corrected chi connectivity index (χ3v) is 7.05. The number of aliphatic hydroxyl groups is 1. The Kier molecular flexibility index (Phi) is 6.00. The summed E-state index contributed by atoms with van der Waals surface area (Å²) in [6, 6.07) is 8.39. The van der Waals surface area contributed by atoms with Gasteiger partial charge in [0.25, 0.3) is 5.91 Å². The van der Waals surface area contributed by atoms with Gasteiger partial charge in [0.1, 0.15) is 17.2 Å². The second-order valence-electron chi connectivity index (χ2n) is 9.81. The quantitative estimate of drug-likeness (QED) is 0.655. The van der Waals surface area contributed by atoms with Crippen LogP contribution in [0, 0.1) is 11.7 Å². The van der Waals surface area contributed by atoms with Crippen molar-refractivity contribution in [3.63, 3.8) is 0 Å². The van der Waals surface area contributed by atoms with E-state index in [1.807, 2.05) is 26.1 Å². The normalized spacial score (nSPS) is 22.4. The van der Waals surface area contributed by atoms with E-state index < -0.39 is 11.4 Å². The lowest BCUT2D eigenvalue weighted by molar-refractivity contribution is -0.111. The second kappa shape index (κ2) is 8.96. The maximum atomic E-state index is 13.6. The molecule has 0 spiro atoms. The maximum absolute atomic E-state index is 13.6. The molecule has 7 heteroatoms. The van der Waals surface area contributed by atoms with Gasteiger partial charge in [-0.1, -0.05) is 6.07 Å². The average Bonchev–Trinajstić information content (AvgIpc) is 3.32. The summed E-state index contributed by atoms with van der Waals surface area (Å²) in [6.45, 7) is 7.25. The number of aromatic nitrogens is 1. The van der Waals surface area contributed by atoms with Gasteiger partial charge >= 0.3 is 0 Å². The number of halogens is 1. The lowest BCUT2D eigenvalue weighted by Crippen LogP contribution is -2.36. The fraction of sp³-hybridized carbons (Fsp3) is 0.407. The van der Waals surface area contributed by atoms with Crippen LogP contribution in [0.5, 0.6) is 0 Å². The first kappa shape index (κ1) is 22.7. The highest BCUT2D eigenvalue weighted by Crippen LogP contribution is 2.44. The molecule has 1 aromatic heterocycles. The van der Waals surface area contributed by atoms with E-state index in [-0.39, 0.29) is 5.91 Å². The van der Waals surface area contributed by atoms with E-state index in [1.165, 1.54) is 12.1 Å². The number of likely N-dealkylation sites (tertiary alicyclic amines) is 1. The number of nitrogens with one attached hydrogen (secondary N) is 1. The summed E-state index contributed by atoms with van der Waals surface area (Å²) in [5.41, 5.74) is 3.83. The van der Waals surface area contributed by atoms with Gasteiger partial charge in [-0.15, -0.1) is 0 Å². The summed E-state index contributed by atoms with van der Waals surface area (Å²) >= 11 is 0. The number of allylic oxidation sites excluding steroid dienone is 1. The van der Waals surface area contributed by atoms with E-state index >= 15 is 0 Å². The molecule has 2 aromatic rings. The first-order valence-electron chi connectivity index (χ1n) is 11.9. The number of ether oxygens (including phenoxy) is 1. The van der Waals surface area contributed by atoms with Crippen LogP contribution < -0.4 is 5.32 Å². The summed E-state index contributed by atoms with van der Waals surface area (Å²) in [7, 11) is 0. The van der Waals surface area contributed by atoms with Crippen LogP contribution >= 0.6 is 0 Å². The van der Waals surface area contributed by atoms with Crippen molar-refractivity contribution in [3.05, 3.63) is 71.0 Å². The molecule has 6 nitrogen and oxygen atoms in total. The third kappa shape index (κ3) is 4.38. The molecule has 178 valence electrons. The highest BCUT2D eigenvalue weighted by atomic mass is 19.1. The van der Waals surface area contributed by atoms with E-state index in [4.69, 9.17) is 4.74 Å². The summed E-state index contributed by atoms with van der Waals surface area (Å²) in [4.78, 5) is 19.8. The number of hydrogen-bond donors (Lipinski definition) is 2. The van der Waals surface area contributed by atoms with Gasteiger partial charge in [0.2, 0.25) is 0 Å². The largest absolute Gasteiger partial charge is 0.482 e. The zero-order valence-electron chi connectivity index (χ0n) is 19.6. The second-order valence-corrected chi connectivity index (χ2v) is 9.81. The molecule has 4 heterocycles. The van der Waals surface area contributed by atoms with Crippen LogP contribution in [0.3, 0.4) is 0 Å². The Morgan fingerprint density at radius 2 is 2.03 bits per heavy atom. The summed E-state index contributed by atoms with van der Waals surface area (Å²) < 4.78 is 19.8. The Balaban J connectivity index is 1.33. The lowest BCUT2D eigenvalue weighted by atomic mass is 9.93. The number of anilines is 1. The molecule has 1 aromatic carbocycles. The predicted octanol–water partition coefficient (Wildman–Crippen LogP) is 4.02. The standard InChI is InChI=1S/C27H30FN3O3/c1-27(2)22(14-24(34-27)25-21-6-4-19(28)13-23(21)30-26(25)33)18-3-5-20(29-15-18)9-12-31-10-7-17(16-32)8-11-31/h3-6,13-15,17,32H,7-12,16H2,1-2H3,(H,30,33)/b25-24+. The average molecular weight is 464 g/mol. The summed E-state index contributed by atoms with van der Waals surface area (Å²) in [5.74, 6) is 0.248. The van der Waals surface area contributed by atoms with Crippen LogP contribution in [0.1, 0.15) is 43.5 Å². The van der Waals surface area contributed by atoms with Crippen molar-refractivity contribution in [2.75, 3.05) is 31.6 Å².